The predicted molar refractivity (Wildman–Crippen MR) is 121 cm³/mol. The van der Waals surface area contributed by atoms with Crippen LogP contribution in [-0.2, 0) is 24.5 Å². The molecule has 0 bridgehead atoms. The fourth-order valence-corrected chi connectivity index (χ4v) is 7.85. The van der Waals surface area contributed by atoms with Crippen molar-refractivity contribution in [2.24, 2.45) is 5.92 Å². The highest BCUT2D eigenvalue weighted by Crippen LogP contribution is 2.44. The zero-order valence-corrected chi connectivity index (χ0v) is 18.5. The summed E-state index contributed by atoms with van der Waals surface area (Å²) in [7, 11) is -10.2. The minimum Gasteiger partial charge on any atom is -0.303 e. The minimum atomic E-state index is -5.10. The fraction of sp³-hybridized carbons (Fsp3) is 0.125. The van der Waals surface area contributed by atoms with Crippen LogP contribution in [0, 0.1) is 5.92 Å². The van der Waals surface area contributed by atoms with E-state index in [1.54, 1.807) is 30.3 Å². The van der Waals surface area contributed by atoms with E-state index in [4.69, 9.17) is 0 Å². The number of aldehydes is 1. The number of hydrogen-bond acceptors (Lipinski definition) is 5. The van der Waals surface area contributed by atoms with E-state index < -0.39 is 46.1 Å². The van der Waals surface area contributed by atoms with Crippen LogP contribution in [0.3, 0.4) is 0 Å². The Morgan fingerprint density at radius 3 is 1.53 bits per heavy atom. The number of halogens is 1. The van der Waals surface area contributed by atoms with Crippen LogP contribution in [0.1, 0.15) is 12.0 Å². The molecule has 3 aromatic rings. The average molecular weight is 473 g/mol. The first-order valence-electron chi connectivity index (χ1n) is 9.70. The molecule has 0 unspecified atom stereocenters. The molecule has 8 heteroatoms. The molecule has 5 nitrogen and oxygen atoms in total. The second kappa shape index (κ2) is 9.58. The van der Waals surface area contributed by atoms with Gasteiger partial charge in [-0.2, -0.15) is 0 Å². The Balaban J connectivity index is 2.28. The highest BCUT2D eigenvalue weighted by Gasteiger charge is 2.61. The number of hydrogen-bond donors (Lipinski definition) is 0. The standard InChI is InChI=1S/C24H21FO5S2/c25-24(31(27,28)22-12-6-2-7-13-22,32(29,30)23-14-8-3-9-15-23)21(18-19-26)17-16-20-10-4-1-5-11-20/h1-17,19,21H,18H2/b17-16+/t21-/m1/s1. The lowest BCUT2D eigenvalue weighted by Crippen LogP contribution is -2.48. The largest absolute Gasteiger partial charge is 0.324 e. The van der Waals surface area contributed by atoms with Crippen LogP contribution in [0.25, 0.3) is 6.08 Å². The molecule has 3 rings (SSSR count). The van der Waals surface area contributed by atoms with Gasteiger partial charge in [-0.3, -0.25) is 0 Å². The van der Waals surface area contributed by atoms with Gasteiger partial charge in [0.25, 0.3) is 0 Å². The van der Waals surface area contributed by atoms with Crippen molar-refractivity contribution in [1.82, 2.24) is 0 Å². The SMILES string of the molecule is O=CC[C@@H](/C=C/c1ccccc1)C(F)(S(=O)(=O)c1ccccc1)S(=O)(=O)c1ccccc1. The molecule has 0 aliphatic rings. The Bertz CT molecular complexity index is 1220. The minimum absolute atomic E-state index is 0.315. The van der Waals surface area contributed by atoms with Gasteiger partial charge >= 0.3 is 4.33 Å². The van der Waals surface area contributed by atoms with Crippen molar-refractivity contribution in [2.75, 3.05) is 0 Å². The molecule has 0 saturated carbocycles. The van der Waals surface area contributed by atoms with Gasteiger partial charge in [0.1, 0.15) is 6.29 Å². The molecular formula is C24H21FO5S2. The number of benzene rings is 3. The Hall–Kier alpha value is -3.10. The van der Waals surface area contributed by atoms with E-state index in [0.29, 0.717) is 11.8 Å². The fourth-order valence-electron chi connectivity index (χ4n) is 3.29. The van der Waals surface area contributed by atoms with Gasteiger partial charge in [0.2, 0.25) is 19.7 Å². The number of allylic oxidation sites excluding steroid dienone is 1. The zero-order chi connectivity index (χ0) is 23.2. The molecule has 0 aliphatic heterocycles. The molecule has 0 N–H and O–H groups in total. The topological polar surface area (TPSA) is 85.3 Å². The first-order chi connectivity index (χ1) is 15.2. The van der Waals surface area contributed by atoms with E-state index in [0.717, 1.165) is 30.3 Å². The molecule has 32 heavy (non-hydrogen) atoms. The van der Waals surface area contributed by atoms with Crippen molar-refractivity contribution in [1.29, 1.82) is 0 Å². The first kappa shape index (κ1) is 23.6. The van der Waals surface area contributed by atoms with Crippen LogP contribution >= 0.6 is 0 Å². The molecule has 3 aromatic carbocycles. The zero-order valence-electron chi connectivity index (χ0n) is 16.9. The summed E-state index contributed by atoms with van der Waals surface area (Å²) >= 11 is 0. The summed E-state index contributed by atoms with van der Waals surface area (Å²) in [6, 6.07) is 21.6. The van der Waals surface area contributed by atoms with Crippen molar-refractivity contribution < 1.29 is 26.0 Å². The van der Waals surface area contributed by atoms with E-state index in [2.05, 4.69) is 0 Å². The maximum absolute atomic E-state index is 16.9. The molecule has 1 atom stereocenters. The van der Waals surface area contributed by atoms with E-state index in [1.165, 1.54) is 42.5 Å². The summed E-state index contributed by atoms with van der Waals surface area (Å²) in [5.41, 5.74) is 0.597. The third kappa shape index (κ3) is 4.28. The van der Waals surface area contributed by atoms with Gasteiger partial charge in [0, 0.05) is 12.3 Å². The van der Waals surface area contributed by atoms with E-state index in [9.17, 15) is 21.6 Å². The van der Waals surface area contributed by atoms with Crippen molar-refractivity contribution >= 4 is 32.0 Å². The van der Waals surface area contributed by atoms with Crippen molar-refractivity contribution in [3.05, 3.63) is 103 Å². The Labute approximate surface area is 187 Å². The van der Waals surface area contributed by atoms with Gasteiger partial charge in [-0.1, -0.05) is 78.9 Å². The lowest BCUT2D eigenvalue weighted by atomic mass is 10.1. The Morgan fingerprint density at radius 2 is 1.12 bits per heavy atom. The summed E-state index contributed by atoms with van der Waals surface area (Å²) in [4.78, 5) is 10.4. The molecule has 0 heterocycles. The van der Waals surface area contributed by atoms with Gasteiger partial charge < -0.3 is 4.79 Å². The molecule has 0 amide bonds. The lowest BCUT2D eigenvalue weighted by molar-refractivity contribution is -0.108. The molecule has 0 radical (unpaired) electrons. The molecule has 166 valence electrons. The van der Waals surface area contributed by atoms with Crippen LogP contribution in [0.5, 0.6) is 0 Å². The highest BCUT2D eigenvalue weighted by molar-refractivity contribution is 8.10. The third-order valence-electron chi connectivity index (χ3n) is 4.95. The van der Waals surface area contributed by atoms with Gasteiger partial charge in [-0.05, 0) is 29.8 Å². The predicted octanol–water partition coefficient (Wildman–Crippen LogP) is 4.48. The Morgan fingerprint density at radius 1 is 0.719 bits per heavy atom. The molecule has 0 aromatic heterocycles. The third-order valence-corrected chi connectivity index (χ3v) is 10.1. The number of carbonyl (C=O) groups is 1. The first-order valence-corrected chi connectivity index (χ1v) is 12.7. The monoisotopic (exact) mass is 472 g/mol. The van der Waals surface area contributed by atoms with Crippen molar-refractivity contribution in [3.63, 3.8) is 0 Å². The van der Waals surface area contributed by atoms with E-state index >= 15 is 4.39 Å². The van der Waals surface area contributed by atoms with Gasteiger partial charge in [0.05, 0.1) is 9.79 Å². The lowest BCUT2D eigenvalue weighted by Gasteiger charge is -2.30. The second-order valence-corrected chi connectivity index (χ2v) is 11.4. The quantitative estimate of drug-likeness (QED) is 0.429. The number of sulfone groups is 2. The van der Waals surface area contributed by atoms with Crippen molar-refractivity contribution in [2.45, 2.75) is 20.5 Å². The molecular weight excluding hydrogens is 451 g/mol. The highest BCUT2D eigenvalue weighted by atomic mass is 32.3. The molecule has 0 fully saturated rings. The summed E-state index contributed by atoms with van der Waals surface area (Å²) in [6.45, 7) is 0. The van der Waals surface area contributed by atoms with Crippen LogP contribution in [0.2, 0.25) is 0 Å². The molecule has 0 spiro atoms. The van der Waals surface area contributed by atoms with Crippen LogP contribution in [0.4, 0.5) is 4.39 Å². The van der Waals surface area contributed by atoms with E-state index in [1.807, 2.05) is 0 Å². The van der Waals surface area contributed by atoms with Crippen LogP contribution in [0.15, 0.2) is 107 Å². The smallest absolute Gasteiger partial charge is 0.303 e. The van der Waals surface area contributed by atoms with Gasteiger partial charge in [-0.25, -0.2) is 21.2 Å². The van der Waals surface area contributed by atoms with Crippen LogP contribution in [-0.4, -0.2) is 27.5 Å². The average Bonchev–Trinajstić information content (AvgIpc) is 2.82. The number of carbonyl (C=O) groups excluding carboxylic acids is 1. The van der Waals surface area contributed by atoms with Crippen molar-refractivity contribution in [3.8, 4) is 0 Å². The normalized spacial score (nSPS) is 13.7. The van der Waals surface area contributed by atoms with E-state index in [-0.39, 0.29) is 0 Å². The maximum atomic E-state index is 16.9. The summed E-state index contributed by atoms with van der Waals surface area (Å²) in [5, 5.41) is 0. The van der Waals surface area contributed by atoms with Crippen LogP contribution < -0.4 is 0 Å². The Kier molecular flexibility index (Phi) is 7.06. The van der Waals surface area contributed by atoms with Gasteiger partial charge in [0.15, 0.2) is 0 Å². The summed E-state index contributed by atoms with van der Waals surface area (Å²) < 4.78 is 67.1. The number of rotatable bonds is 9. The molecule has 0 saturated heterocycles. The maximum Gasteiger partial charge on any atom is 0.324 e. The summed E-state index contributed by atoms with van der Waals surface area (Å²) in [6.07, 6.45) is 2.20. The summed E-state index contributed by atoms with van der Waals surface area (Å²) in [5.74, 6) is -1.80. The van der Waals surface area contributed by atoms with Gasteiger partial charge in [-0.15, -0.1) is 0 Å². The number of alkyl halides is 1. The second-order valence-electron chi connectivity index (χ2n) is 6.99. The molecule has 0 aliphatic carbocycles.